The lowest BCUT2D eigenvalue weighted by Gasteiger charge is -2.12. The maximum absolute atomic E-state index is 13.2. The average molecular weight is 240 g/mol. The number of hydrogen-bond donors (Lipinski definition) is 2. The van der Waals surface area contributed by atoms with Crippen molar-refractivity contribution in [2.75, 3.05) is 5.32 Å². The topological polar surface area (TPSA) is 55.1 Å². The standard InChI is InChI=1S/C11H13FN2OS/c1-6-8(12)4-3-5-9(6)14-11(15)7(2)10(13)16/h3-5,7H,1-2H3,(H2,13,16)(H,14,15). The van der Waals surface area contributed by atoms with E-state index < -0.39 is 5.92 Å². The molecule has 1 amide bonds. The van der Waals surface area contributed by atoms with Crippen LogP contribution in [-0.2, 0) is 4.79 Å². The SMILES string of the molecule is Cc1c(F)cccc1NC(=O)C(C)C(N)=S. The molecule has 0 spiro atoms. The van der Waals surface area contributed by atoms with Gasteiger partial charge in [-0.25, -0.2) is 4.39 Å². The van der Waals surface area contributed by atoms with Gasteiger partial charge in [0.15, 0.2) is 0 Å². The Bertz CT molecular complexity index is 434. The van der Waals surface area contributed by atoms with Crippen molar-refractivity contribution in [3.8, 4) is 0 Å². The summed E-state index contributed by atoms with van der Waals surface area (Å²) in [6.45, 7) is 3.20. The molecule has 3 N–H and O–H groups in total. The molecule has 0 fully saturated rings. The zero-order chi connectivity index (χ0) is 12.3. The fourth-order valence-corrected chi connectivity index (χ4v) is 1.22. The van der Waals surface area contributed by atoms with Crippen molar-refractivity contribution in [1.82, 2.24) is 0 Å². The van der Waals surface area contributed by atoms with Crippen molar-refractivity contribution in [3.05, 3.63) is 29.6 Å². The van der Waals surface area contributed by atoms with Crippen LogP contribution in [0.5, 0.6) is 0 Å². The van der Waals surface area contributed by atoms with Gasteiger partial charge in [-0.3, -0.25) is 4.79 Å². The molecule has 1 atom stereocenters. The minimum atomic E-state index is -0.572. The van der Waals surface area contributed by atoms with Crippen LogP contribution in [0.25, 0.3) is 0 Å². The highest BCUT2D eigenvalue weighted by molar-refractivity contribution is 7.80. The summed E-state index contributed by atoms with van der Waals surface area (Å²) in [5.41, 5.74) is 6.19. The summed E-state index contributed by atoms with van der Waals surface area (Å²) in [5.74, 6) is -1.26. The molecule has 0 saturated heterocycles. The molecule has 0 aromatic heterocycles. The zero-order valence-corrected chi connectivity index (χ0v) is 9.90. The van der Waals surface area contributed by atoms with Gasteiger partial charge in [0.2, 0.25) is 5.91 Å². The maximum atomic E-state index is 13.2. The molecule has 5 heteroatoms. The van der Waals surface area contributed by atoms with E-state index in [4.69, 9.17) is 18.0 Å². The molecule has 0 aliphatic carbocycles. The second-order valence-electron chi connectivity index (χ2n) is 3.53. The van der Waals surface area contributed by atoms with Gasteiger partial charge in [-0.15, -0.1) is 0 Å². The second kappa shape index (κ2) is 5.03. The van der Waals surface area contributed by atoms with E-state index in [1.165, 1.54) is 12.1 Å². The van der Waals surface area contributed by atoms with E-state index in [0.29, 0.717) is 11.3 Å². The number of carbonyl (C=O) groups excluding carboxylic acids is 1. The van der Waals surface area contributed by atoms with Crippen molar-refractivity contribution in [2.24, 2.45) is 11.7 Å². The van der Waals surface area contributed by atoms with Gasteiger partial charge in [-0.05, 0) is 26.0 Å². The summed E-state index contributed by atoms with van der Waals surface area (Å²) in [6, 6.07) is 4.49. The predicted octanol–water partition coefficient (Wildman–Crippen LogP) is 1.99. The Balaban J connectivity index is 2.85. The lowest BCUT2D eigenvalue weighted by molar-refractivity contribution is -0.117. The van der Waals surface area contributed by atoms with Gasteiger partial charge in [0, 0.05) is 11.3 Å². The molecule has 1 aromatic carbocycles. The number of hydrogen-bond acceptors (Lipinski definition) is 2. The Labute approximate surface area is 98.8 Å². The molecule has 1 rings (SSSR count). The number of rotatable bonds is 3. The van der Waals surface area contributed by atoms with Crippen LogP contribution in [0.2, 0.25) is 0 Å². The Morgan fingerprint density at radius 3 is 2.75 bits per heavy atom. The highest BCUT2D eigenvalue weighted by Crippen LogP contribution is 2.18. The van der Waals surface area contributed by atoms with E-state index in [9.17, 15) is 9.18 Å². The molecule has 0 radical (unpaired) electrons. The van der Waals surface area contributed by atoms with Gasteiger partial charge in [0.25, 0.3) is 0 Å². The number of nitrogens with two attached hydrogens (primary N) is 1. The monoisotopic (exact) mass is 240 g/mol. The second-order valence-corrected chi connectivity index (χ2v) is 4.00. The van der Waals surface area contributed by atoms with E-state index in [-0.39, 0.29) is 16.7 Å². The van der Waals surface area contributed by atoms with E-state index in [1.54, 1.807) is 19.9 Å². The van der Waals surface area contributed by atoms with Crippen molar-refractivity contribution in [3.63, 3.8) is 0 Å². The zero-order valence-electron chi connectivity index (χ0n) is 9.08. The van der Waals surface area contributed by atoms with Crippen LogP contribution in [0.3, 0.4) is 0 Å². The van der Waals surface area contributed by atoms with Gasteiger partial charge in [-0.1, -0.05) is 18.3 Å². The highest BCUT2D eigenvalue weighted by atomic mass is 32.1. The first-order valence-corrected chi connectivity index (χ1v) is 5.19. The third kappa shape index (κ3) is 2.76. The Morgan fingerprint density at radius 1 is 1.56 bits per heavy atom. The van der Waals surface area contributed by atoms with E-state index in [2.05, 4.69) is 5.32 Å². The molecule has 0 aliphatic rings. The first-order chi connectivity index (χ1) is 7.43. The number of thiocarbonyl (C=S) groups is 1. The minimum Gasteiger partial charge on any atom is -0.393 e. The number of benzene rings is 1. The molecule has 0 saturated carbocycles. The summed E-state index contributed by atoms with van der Waals surface area (Å²) < 4.78 is 13.2. The molecule has 0 aliphatic heterocycles. The molecule has 1 unspecified atom stereocenters. The van der Waals surface area contributed by atoms with Crippen LogP contribution in [0.15, 0.2) is 18.2 Å². The Hall–Kier alpha value is -1.49. The molecule has 0 heterocycles. The smallest absolute Gasteiger partial charge is 0.234 e. The Morgan fingerprint density at radius 2 is 2.19 bits per heavy atom. The van der Waals surface area contributed by atoms with Crippen LogP contribution in [-0.4, -0.2) is 10.9 Å². The molecule has 1 aromatic rings. The number of halogens is 1. The number of nitrogens with one attached hydrogen (secondary N) is 1. The molecular weight excluding hydrogens is 227 g/mol. The molecule has 86 valence electrons. The molecule has 3 nitrogen and oxygen atoms in total. The van der Waals surface area contributed by atoms with Crippen LogP contribution in [0, 0.1) is 18.7 Å². The summed E-state index contributed by atoms with van der Waals surface area (Å²) >= 11 is 4.71. The summed E-state index contributed by atoms with van der Waals surface area (Å²) in [5, 5.41) is 2.59. The van der Waals surface area contributed by atoms with Crippen molar-refractivity contribution in [1.29, 1.82) is 0 Å². The van der Waals surface area contributed by atoms with Crippen molar-refractivity contribution in [2.45, 2.75) is 13.8 Å². The number of anilines is 1. The summed E-state index contributed by atoms with van der Waals surface area (Å²) in [6.07, 6.45) is 0. The van der Waals surface area contributed by atoms with Gasteiger partial charge in [-0.2, -0.15) is 0 Å². The lowest BCUT2D eigenvalue weighted by atomic mass is 10.1. The van der Waals surface area contributed by atoms with E-state index >= 15 is 0 Å². The summed E-state index contributed by atoms with van der Waals surface area (Å²) in [7, 11) is 0. The largest absolute Gasteiger partial charge is 0.393 e. The van der Waals surface area contributed by atoms with Crippen LogP contribution in [0.1, 0.15) is 12.5 Å². The van der Waals surface area contributed by atoms with E-state index in [1.807, 2.05) is 0 Å². The third-order valence-corrected chi connectivity index (χ3v) is 2.70. The summed E-state index contributed by atoms with van der Waals surface area (Å²) in [4.78, 5) is 11.7. The molecule has 0 bridgehead atoms. The first-order valence-electron chi connectivity index (χ1n) is 4.78. The van der Waals surface area contributed by atoms with Gasteiger partial charge < -0.3 is 11.1 Å². The van der Waals surface area contributed by atoms with Gasteiger partial charge in [0.05, 0.1) is 10.9 Å². The van der Waals surface area contributed by atoms with E-state index in [0.717, 1.165) is 0 Å². The molecular formula is C11H13FN2OS. The van der Waals surface area contributed by atoms with Crippen LogP contribution >= 0.6 is 12.2 Å². The third-order valence-electron chi connectivity index (χ3n) is 2.35. The first kappa shape index (κ1) is 12.6. The maximum Gasteiger partial charge on any atom is 0.234 e. The normalized spacial score (nSPS) is 11.9. The van der Waals surface area contributed by atoms with Crippen LogP contribution in [0.4, 0.5) is 10.1 Å². The molecule has 16 heavy (non-hydrogen) atoms. The van der Waals surface area contributed by atoms with Gasteiger partial charge in [0.1, 0.15) is 5.82 Å². The number of amides is 1. The van der Waals surface area contributed by atoms with Gasteiger partial charge >= 0.3 is 0 Å². The van der Waals surface area contributed by atoms with Crippen molar-refractivity contribution < 1.29 is 9.18 Å². The fraction of sp³-hybridized carbons (Fsp3) is 0.273. The lowest BCUT2D eigenvalue weighted by Crippen LogP contribution is -2.31. The number of carbonyl (C=O) groups is 1. The van der Waals surface area contributed by atoms with Crippen LogP contribution < -0.4 is 11.1 Å². The fourth-order valence-electron chi connectivity index (χ4n) is 1.11. The highest BCUT2D eigenvalue weighted by Gasteiger charge is 2.16. The average Bonchev–Trinajstić information content (AvgIpc) is 2.23. The quantitative estimate of drug-likeness (QED) is 0.794. The minimum absolute atomic E-state index is 0.117. The Kier molecular flexibility index (Phi) is 3.95. The predicted molar refractivity (Wildman–Crippen MR) is 65.7 cm³/mol. The van der Waals surface area contributed by atoms with Crippen molar-refractivity contribution >= 4 is 28.8 Å².